The third-order valence-corrected chi connectivity index (χ3v) is 3.16. The molecule has 0 aromatic carbocycles. The summed E-state index contributed by atoms with van der Waals surface area (Å²) in [5.41, 5.74) is 0.795. The number of aliphatic hydroxyl groups excluding tert-OH is 1. The van der Waals surface area contributed by atoms with E-state index in [4.69, 9.17) is 4.74 Å². The van der Waals surface area contributed by atoms with E-state index >= 15 is 0 Å². The van der Waals surface area contributed by atoms with Gasteiger partial charge in [-0.25, -0.2) is 0 Å². The van der Waals surface area contributed by atoms with Gasteiger partial charge in [0.05, 0.1) is 29.5 Å². The van der Waals surface area contributed by atoms with Gasteiger partial charge in [0.15, 0.2) is 0 Å². The van der Waals surface area contributed by atoms with Crippen molar-refractivity contribution < 1.29 is 9.84 Å². The van der Waals surface area contributed by atoms with Gasteiger partial charge in [-0.2, -0.15) is 5.10 Å². The molecule has 0 aliphatic heterocycles. The van der Waals surface area contributed by atoms with E-state index in [9.17, 15) is 5.11 Å². The molecule has 1 rings (SSSR count). The molecule has 6 heteroatoms. The van der Waals surface area contributed by atoms with Crippen molar-refractivity contribution in [2.75, 3.05) is 26.8 Å². The molecule has 1 unspecified atom stereocenters. The van der Waals surface area contributed by atoms with Crippen LogP contribution in [0.1, 0.15) is 25.6 Å². The molecule has 1 atom stereocenters. The second-order valence-corrected chi connectivity index (χ2v) is 5.52. The van der Waals surface area contributed by atoms with Gasteiger partial charge in [-0.1, -0.05) is 13.8 Å². The summed E-state index contributed by atoms with van der Waals surface area (Å²) in [6.45, 7) is 6.90. The van der Waals surface area contributed by atoms with Crippen LogP contribution in [-0.4, -0.2) is 41.7 Å². The van der Waals surface area contributed by atoms with Gasteiger partial charge < -0.3 is 15.2 Å². The van der Waals surface area contributed by atoms with Crippen LogP contribution >= 0.6 is 15.9 Å². The van der Waals surface area contributed by atoms with Gasteiger partial charge in [0.2, 0.25) is 0 Å². The predicted octanol–water partition coefficient (Wildman–Crippen LogP) is 1.57. The molecule has 1 heterocycles. The molecule has 0 saturated heterocycles. The van der Waals surface area contributed by atoms with E-state index in [1.54, 1.807) is 18.0 Å². The third-order valence-electron chi connectivity index (χ3n) is 2.55. The molecule has 0 radical (unpaired) electrons. The second-order valence-electron chi connectivity index (χ2n) is 4.66. The van der Waals surface area contributed by atoms with Crippen LogP contribution in [0.4, 0.5) is 0 Å². The maximum Gasteiger partial charge on any atom is 0.109 e. The van der Waals surface area contributed by atoms with Gasteiger partial charge in [-0.05, 0) is 28.4 Å². The van der Waals surface area contributed by atoms with Crippen molar-refractivity contribution in [3.8, 4) is 0 Å². The van der Waals surface area contributed by atoms with Gasteiger partial charge in [-0.3, -0.25) is 4.68 Å². The lowest BCUT2D eigenvalue weighted by Crippen LogP contribution is -2.27. The van der Waals surface area contributed by atoms with Gasteiger partial charge in [-0.15, -0.1) is 0 Å². The lowest BCUT2D eigenvalue weighted by Gasteiger charge is -2.15. The van der Waals surface area contributed by atoms with Crippen molar-refractivity contribution in [2.45, 2.75) is 26.5 Å². The molecule has 2 N–H and O–H groups in total. The summed E-state index contributed by atoms with van der Waals surface area (Å²) in [7, 11) is 1.65. The molecule has 0 aliphatic carbocycles. The Bertz CT molecular complexity index is 355. The Morgan fingerprint density at radius 3 is 2.83 bits per heavy atom. The van der Waals surface area contributed by atoms with Crippen LogP contribution in [-0.2, 0) is 11.3 Å². The van der Waals surface area contributed by atoms with Crippen molar-refractivity contribution in [3.63, 3.8) is 0 Å². The first kappa shape index (κ1) is 15.6. The fourth-order valence-electron chi connectivity index (χ4n) is 1.66. The predicted molar refractivity (Wildman–Crippen MR) is 74.5 cm³/mol. The molecule has 0 saturated carbocycles. The molecule has 0 amide bonds. The molecular formula is C12H22BrN3O2. The molecular weight excluding hydrogens is 298 g/mol. The number of nitrogens with one attached hydrogen (secondary N) is 1. The van der Waals surface area contributed by atoms with Crippen molar-refractivity contribution in [3.05, 3.63) is 16.4 Å². The van der Waals surface area contributed by atoms with Gasteiger partial charge in [0, 0.05) is 13.7 Å². The van der Waals surface area contributed by atoms with Gasteiger partial charge in [0.1, 0.15) is 6.10 Å². The fraction of sp³-hybridized carbons (Fsp3) is 0.750. The van der Waals surface area contributed by atoms with Crippen molar-refractivity contribution in [1.82, 2.24) is 15.1 Å². The van der Waals surface area contributed by atoms with E-state index in [0.29, 0.717) is 25.6 Å². The Morgan fingerprint density at radius 2 is 2.22 bits per heavy atom. The summed E-state index contributed by atoms with van der Waals surface area (Å²) in [5, 5.41) is 17.6. The third kappa shape index (κ3) is 4.68. The Labute approximate surface area is 117 Å². The lowest BCUT2D eigenvalue weighted by atomic mass is 10.2. The smallest absolute Gasteiger partial charge is 0.109 e. The van der Waals surface area contributed by atoms with E-state index in [1.807, 2.05) is 0 Å². The highest BCUT2D eigenvalue weighted by Crippen LogP contribution is 2.22. The number of nitrogens with zero attached hydrogens (tertiary/aromatic N) is 2. The zero-order valence-corrected chi connectivity index (χ0v) is 12.8. The molecule has 5 nitrogen and oxygen atoms in total. The lowest BCUT2D eigenvalue weighted by molar-refractivity contribution is 0.150. The van der Waals surface area contributed by atoms with E-state index in [1.165, 1.54) is 0 Å². The fourth-order valence-corrected chi connectivity index (χ4v) is 2.23. The number of ether oxygens (including phenoxy) is 1. The molecule has 18 heavy (non-hydrogen) atoms. The van der Waals surface area contributed by atoms with Crippen molar-refractivity contribution in [1.29, 1.82) is 0 Å². The first-order valence-corrected chi connectivity index (χ1v) is 6.94. The van der Waals surface area contributed by atoms with E-state index < -0.39 is 6.10 Å². The van der Waals surface area contributed by atoms with Crippen LogP contribution in [0.3, 0.4) is 0 Å². The zero-order valence-electron chi connectivity index (χ0n) is 11.2. The standard InChI is InChI=1S/C12H22BrN3O2/c1-9(2)6-14-8-11(17)12-10(13)7-15-16(12)4-5-18-3/h7,9,11,14,17H,4-6,8H2,1-3H3. The number of methoxy groups -OCH3 is 1. The number of hydrogen-bond acceptors (Lipinski definition) is 4. The molecule has 0 fully saturated rings. The molecule has 0 aliphatic rings. The molecule has 104 valence electrons. The highest BCUT2D eigenvalue weighted by atomic mass is 79.9. The summed E-state index contributed by atoms with van der Waals surface area (Å²) in [6.07, 6.45) is 1.13. The van der Waals surface area contributed by atoms with Crippen LogP contribution in [0.15, 0.2) is 10.7 Å². The number of halogens is 1. The van der Waals surface area contributed by atoms with Crippen molar-refractivity contribution >= 4 is 15.9 Å². The summed E-state index contributed by atoms with van der Waals surface area (Å²) in [6, 6.07) is 0. The molecule has 1 aromatic heterocycles. The number of rotatable bonds is 8. The Balaban J connectivity index is 2.59. The SMILES string of the molecule is COCCn1ncc(Br)c1C(O)CNCC(C)C. The zero-order chi connectivity index (χ0) is 13.5. The molecule has 0 bridgehead atoms. The minimum absolute atomic E-state index is 0.523. The minimum atomic E-state index is -0.572. The van der Waals surface area contributed by atoms with Crippen LogP contribution < -0.4 is 5.32 Å². The molecule has 0 spiro atoms. The monoisotopic (exact) mass is 319 g/mol. The summed E-state index contributed by atoms with van der Waals surface area (Å²) in [5.74, 6) is 0.569. The molecule has 1 aromatic rings. The first-order valence-electron chi connectivity index (χ1n) is 6.15. The maximum atomic E-state index is 10.2. The Morgan fingerprint density at radius 1 is 1.50 bits per heavy atom. The average Bonchev–Trinajstić information content (AvgIpc) is 2.67. The summed E-state index contributed by atoms with van der Waals surface area (Å²) >= 11 is 3.42. The first-order chi connectivity index (χ1) is 8.56. The number of aliphatic hydroxyl groups is 1. The highest BCUT2D eigenvalue weighted by Gasteiger charge is 2.17. The Hall–Kier alpha value is -0.430. The quantitative estimate of drug-likeness (QED) is 0.763. The largest absolute Gasteiger partial charge is 0.385 e. The van der Waals surface area contributed by atoms with Crippen LogP contribution in [0.2, 0.25) is 0 Å². The van der Waals surface area contributed by atoms with Gasteiger partial charge in [0.25, 0.3) is 0 Å². The highest BCUT2D eigenvalue weighted by molar-refractivity contribution is 9.10. The second kappa shape index (κ2) is 7.89. The van der Waals surface area contributed by atoms with Crippen LogP contribution in [0.25, 0.3) is 0 Å². The minimum Gasteiger partial charge on any atom is -0.385 e. The summed E-state index contributed by atoms with van der Waals surface area (Å²) in [4.78, 5) is 0. The van der Waals surface area contributed by atoms with E-state index in [0.717, 1.165) is 16.7 Å². The Kier molecular flexibility index (Phi) is 6.85. The van der Waals surface area contributed by atoms with Crippen LogP contribution in [0, 0.1) is 5.92 Å². The summed E-state index contributed by atoms with van der Waals surface area (Å²) < 4.78 is 7.63. The van der Waals surface area contributed by atoms with Gasteiger partial charge >= 0.3 is 0 Å². The number of aromatic nitrogens is 2. The van der Waals surface area contributed by atoms with Crippen molar-refractivity contribution in [2.24, 2.45) is 5.92 Å². The van der Waals surface area contributed by atoms with E-state index in [-0.39, 0.29) is 0 Å². The topological polar surface area (TPSA) is 59.3 Å². The van der Waals surface area contributed by atoms with E-state index in [2.05, 4.69) is 40.2 Å². The number of hydrogen-bond donors (Lipinski definition) is 2. The van der Waals surface area contributed by atoms with Crippen LogP contribution in [0.5, 0.6) is 0 Å². The normalized spacial score (nSPS) is 13.2. The maximum absolute atomic E-state index is 10.2. The average molecular weight is 320 g/mol.